The molecule has 0 aliphatic rings. The molecular weight excluding hydrogens is 486 g/mol. The van der Waals surface area contributed by atoms with Gasteiger partial charge in [-0.15, -0.1) is 0 Å². The predicted octanol–water partition coefficient (Wildman–Crippen LogP) is 7.23. The predicted molar refractivity (Wildman–Crippen MR) is 150 cm³/mol. The lowest BCUT2D eigenvalue weighted by Gasteiger charge is -2.42. The van der Waals surface area contributed by atoms with Crippen molar-refractivity contribution in [2.45, 2.75) is 69.2 Å². The number of hydrogen-bond acceptors (Lipinski definition) is 3. The Labute approximate surface area is 219 Å². The van der Waals surface area contributed by atoms with E-state index in [1.165, 1.54) is 0 Å². The first-order chi connectivity index (χ1) is 17.1. The Morgan fingerprint density at radius 1 is 0.917 bits per heavy atom. The average molecular weight is 524 g/mol. The maximum Gasteiger partial charge on any atom is 0.241 e. The van der Waals surface area contributed by atoms with E-state index in [4.69, 9.17) is 0 Å². The van der Waals surface area contributed by atoms with Crippen molar-refractivity contribution in [3.8, 4) is 0 Å². The number of aryl methyl sites for hydroxylation is 2. The van der Waals surface area contributed by atoms with E-state index in [2.05, 4.69) is 18.2 Å². The van der Waals surface area contributed by atoms with Crippen LogP contribution in [0.25, 0.3) is 0 Å². The van der Waals surface area contributed by atoms with E-state index < -0.39 is 32.3 Å². The lowest BCUT2D eigenvalue weighted by atomic mass is 9.71. The molecule has 4 nitrogen and oxygen atoms in total. The maximum absolute atomic E-state index is 13.9. The first-order valence-electron chi connectivity index (χ1n) is 12.5. The van der Waals surface area contributed by atoms with Gasteiger partial charge in [0, 0.05) is 15.2 Å². The molecule has 1 N–H and O–H groups in total. The molecular formula is C30H37NO3S2. The monoisotopic (exact) mass is 523 g/mol. The third-order valence-electron chi connectivity index (χ3n) is 6.91. The molecule has 3 aromatic carbocycles. The van der Waals surface area contributed by atoms with Crippen LogP contribution < -0.4 is 4.72 Å². The summed E-state index contributed by atoms with van der Waals surface area (Å²) in [6.45, 7) is 12.4. The van der Waals surface area contributed by atoms with E-state index >= 15 is 0 Å². The van der Waals surface area contributed by atoms with Crippen LogP contribution in [-0.2, 0) is 20.8 Å². The summed E-state index contributed by atoms with van der Waals surface area (Å²) in [6, 6.07) is 23.4. The molecule has 0 bridgehead atoms. The average Bonchev–Trinajstić information content (AvgIpc) is 2.89. The molecule has 0 heterocycles. The molecule has 0 aromatic heterocycles. The fourth-order valence-corrected chi connectivity index (χ4v) is 7.29. The van der Waals surface area contributed by atoms with Crippen LogP contribution in [0.15, 0.2) is 100 Å². The summed E-state index contributed by atoms with van der Waals surface area (Å²) in [4.78, 5) is 1.43. The maximum atomic E-state index is 13.9. The Kier molecular flexibility index (Phi) is 9.45. The van der Waals surface area contributed by atoms with Crippen LogP contribution >= 0.6 is 0 Å². The van der Waals surface area contributed by atoms with Crippen molar-refractivity contribution in [2.24, 2.45) is 5.41 Å². The van der Waals surface area contributed by atoms with Crippen LogP contribution in [0, 0.1) is 19.3 Å². The molecule has 3 atom stereocenters. The van der Waals surface area contributed by atoms with Gasteiger partial charge in [-0.2, -0.15) is 0 Å². The van der Waals surface area contributed by atoms with Gasteiger partial charge in [0.2, 0.25) is 10.0 Å². The highest BCUT2D eigenvalue weighted by atomic mass is 32.2. The second kappa shape index (κ2) is 12.1. The summed E-state index contributed by atoms with van der Waals surface area (Å²) >= 11 is 0. The van der Waals surface area contributed by atoms with Gasteiger partial charge in [0.25, 0.3) is 0 Å². The van der Waals surface area contributed by atoms with Crippen molar-refractivity contribution in [3.63, 3.8) is 0 Å². The van der Waals surface area contributed by atoms with Gasteiger partial charge in [-0.1, -0.05) is 99.0 Å². The first-order valence-corrected chi connectivity index (χ1v) is 15.1. The summed E-state index contributed by atoms with van der Waals surface area (Å²) in [5.74, 6) is 0. The molecule has 0 radical (unpaired) electrons. The molecule has 36 heavy (non-hydrogen) atoms. The van der Waals surface area contributed by atoms with E-state index in [1.54, 1.807) is 24.3 Å². The minimum atomic E-state index is -3.86. The molecule has 6 heteroatoms. The third-order valence-corrected chi connectivity index (χ3v) is 9.90. The summed E-state index contributed by atoms with van der Waals surface area (Å²) in [6.07, 6.45) is 3.03. The summed E-state index contributed by atoms with van der Waals surface area (Å²) < 4.78 is 44.2. The molecule has 3 unspecified atom stereocenters. The van der Waals surface area contributed by atoms with Crippen LogP contribution in [0.3, 0.4) is 0 Å². The zero-order valence-electron chi connectivity index (χ0n) is 21.7. The summed E-state index contributed by atoms with van der Waals surface area (Å²) in [5, 5.41) is 0. The standard InChI is InChI=1S/C30H37NO3S2/c1-6-8-22-30(7-2,25(5)35(32)27-18-14-23(3)15-19-27)29(26-12-10-9-11-13-26)31-36(33,34)28-20-16-24(4)17-21-28/h9-21,29,31H,5-8,22H2,1-4H3. The minimum Gasteiger partial charge on any atom is -0.249 e. The van der Waals surface area contributed by atoms with E-state index in [1.807, 2.05) is 75.4 Å². The number of rotatable bonds is 12. The third kappa shape index (κ3) is 6.23. The highest BCUT2D eigenvalue weighted by molar-refractivity contribution is 7.89. The van der Waals surface area contributed by atoms with E-state index in [-0.39, 0.29) is 4.90 Å². The molecule has 0 fully saturated rings. The van der Waals surface area contributed by atoms with Gasteiger partial charge in [0.15, 0.2) is 0 Å². The quantitative estimate of drug-likeness (QED) is 0.272. The lowest BCUT2D eigenvalue weighted by molar-refractivity contribution is 0.240. The largest absolute Gasteiger partial charge is 0.249 e. The molecule has 0 saturated heterocycles. The lowest BCUT2D eigenvalue weighted by Crippen LogP contribution is -2.43. The first kappa shape index (κ1) is 28.0. The van der Waals surface area contributed by atoms with Gasteiger partial charge in [-0.25, -0.2) is 17.3 Å². The zero-order chi connectivity index (χ0) is 26.3. The number of unbranched alkanes of at least 4 members (excludes halogenated alkanes) is 1. The SMILES string of the molecule is C=C(S(=O)c1ccc(C)cc1)C(CC)(CCCC)C(NS(=O)(=O)c1ccc(C)cc1)c1ccccc1. The van der Waals surface area contributed by atoms with Gasteiger partial charge in [-0.05, 0) is 56.5 Å². The second-order valence-corrected chi connectivity index (χ2v) is 12.6. The topological polar surface area (TPSA) is 63.2 Å². The van der Waals surface area contributed by atoms with Crippen LogP contribution in [0.1, 0.15) is 62.3 Å². The van der Waals surface area contributed by atoms with Crippen molar-refractivity contribution in [3.05, 3.63) is 107 Å². The molecule has 0 aliphatic carbocycles. The highest BCUT2D eigenvalue weighted by Crippen LogP contribution is 2.49. The Morgan fingerprint density at radius 2 is 1.47 bits per heavy atom. The van der Waals surface area contributed by atoms with Crippen molar-refractivity contribution in [1.82, 2.24) is 4.72 Å². The van der Waals surface area contributed by atoms with Crippen molar-refractivity contribution >= 4 is 20.8 Å². The van der Waals surface area contributed by atoms with Gasteiger partial charge in [0.05, 0.1) is 21.7 Å². The van der Waals surface area contributed by atoms with Crippen molar-refractivity contribution in [1.29, 1.82) is 0 Å². The number of sulfonamides is 1. The fourth-order valence-electron chi connectivity index (χ4n) is 4.59. The van der Waals surface area contributed by atoms with E-state index in [0.29, 0.717) is 22.6 Å². The van der Waals surface area contributed by atoms with E-state index in [9.17, 15) is 12.6 Å². The number of benzene rings is 3. The Balaban J connectivity index is 2.15. The van der Waals surface area contributed by atoms with Gasteiger partial charge < -0.3 is 0 Å². The Bertz CT molecular complexity index is 1280. The normalized spacial score (nSPS) is 15.1. The molecule has 0 aliphatic heterocycles. The molecule has 192 valence electrons. The number of nitrogens with one attached hydrogen (secondary N) is 1. The molecule has 3 aromatic rings. The van der Waals surface area contributed by atoms with Crippen LogP contribution in [0.5, 0.6) is 0 Å². The highest BCUT2D eigenvalue weighted by Gasteiger charge is 2.44. The van der Waals surface area contributed by atoms with Crippen LogP contribution in [0.2, 0.25) is 0 Å². The van der Waals surface area contributed by atoms with Crippen LogP contribution in [0.4, 0.5) is 0 Å². The van der Waals surface area contributed by atoms with E-state index in [0.717, 1.165) is 29.5 Å². The second-order valence-electron chi connectivity index (χ2n) is 9.40. The molecule has 0 saturated carbocycles. The molecule has 0 amide bonds. The summed E-state index contributed by atoms with van der Waals surface area (Å²) in [5.41, 5.74) is 2.14. The van der Waals surface area contributed by atoms with Crippen molar-refractivity contribution < 1.29 is 12.6 Å². The summed E-state index contributed by atoms with van der Waals surface area (Å²) in [7, 11) is -5.37. The smallest absolute Gasteiger partial charge is 0.241 e. The van der Waals surface area contributed by atoms with Gasteiger partial charge in [0.1, 0.15) is 0 Å². The minimum absolute atomic E-state index is 0.208. The number of hydrogen-bond donors (Lipinski definition) is 1. The fraction of sp³-hybridized carbons (Fsp3) is 0.333. The van der Waals surface area contributed by atoms with Crippen molar-refractivity contribution in [2.75, 3.05) is 0 Å². The van der Waals surface area contributed by atoms with Gasteiger partial charge in [-0.3, -0.25) is 0 Å². The Hall–Kier alpha value is -2.54. The van der Waals surface area contributed by atoms with Crippen LogP contribution in [-0.4, -0.2) is 12.6 Å². The Morgan fingerprint density at radius 3 is 2.00 bits per heavy atom. The molecule has 0 spiro atoms. The zero-order valence-corrected chi connectivity index (χ0v) is 23.3. The van der Waals surface area contributed by atoms with Gasteiger partial charge >= 0.3 is 0 Å². The molecule has 3 rings (SSSR count).